The molecule has 8 nitrogen and oxygen atoms in total. The number of methoxy groups -OCH3 is 3. The zero-order valence-electron chi connectivity index (χ0n) is 11.9. The van der Waals surface area contributed by atoms with Crippen LogP contribution in [0.2, 0.25) is 0 Å². The lowest BCUT2D eigenvalue weighted by molar-refractivity contribution is -0.386. The smallest absolute Gasteiger partial charge is 0.327 e. The first-order valence-corrected chi connectivity index (χ1v) is 5.58. The highest BCUT2D eigenvalue weighted by molar-refractivity contribution is 6.00. The average Bonchev–Trinajstić information content (AvgIpc) is 2.43. The first-order chi connectivity index (χ1) is 9.38. The third-order valence-electron chi connectivity index (χ3n) is 2.62. The summed E-state index contributed by atoms with van der Waals surface area (Å²) >= 11 is 0. The summed E-state index contributed by atoms with van der Waals surface area (Å²) in [5, 5.41) is 11.3. The summed E-state index contributed by atoms with van der Waals surface area (Å²) in [5.74, 6) is -0.435. The van der Waals surface area contributed by atoms with Gasteiger partial charge in [-0.15, -0.1) is 0 Å². The van der Waals surface area contributed by atoms with Gasteiger partial charge in [-0.1, -0.05) is 0 Å². The molecule has 0 fully saturated rings. The Kier molecular flexibility index (Phi) is 4.73. The standard InChI is InChI=1S/C12H16N2O6/c1-13(2)12(15)7-6-8(18-3)10(19-4)11(20-5)9(7)14(16)17/h6H,1-5H3. The summed E-state index contributed by atoms with van der Waals surface area (Å²) < 4.78 is 15.2. The van der Waals surface area contributed by atoms with Gasteiger partial charge in [0.15, 0.2) is 5.75 Å². The number of hydrogen-bond donors (Lipinski definition) is 0. The van der Waals surface area contributed by atoms with Crippen molar-refractivity contribution < 1.29 is 23.9 Å². The van der Waals surface area contributed by atoms with Crippen molar-refractivity contribution in [2.24, 2.45) is 0 Å². The van der Waals surface area contributed by atoms with E-state index in [2.05, 4.69) is 0 Å². The maximum absolute atomic E-state index is 12.1. The third-order valence-corrected chi connectivity index (χ3v) is 2.62. The molecule has 0 aliphatic carbocycles. The molecule has 1 amide bonds. The molecule has 20 heavy (non-hydrogen) atoms. The van der Waals surface area contributed by atoms with Crippen molar-refractivity contribution >= 4 is 11.6 Å². The number of amides is 1. The Morgan fingerprint density at radius 3 is 2.05 bits per heavy atom. The molecular weight excluding hydrogens is 268 g/mol. The molecule has 110 valence electrons. The minimum Gasteiger partial charge on any atom is -0.493 e. The lowest BCUT2D eigenvalue weighted by atomic mass is 10.1. The third kappa shape index (κ3) is 2.58. The van der Waals surface area contributed by atoms with Crippen molar-refractivity contribution in [3.05, 3.63) is 21.7 Å². The number of nitrogens with zero attached hydrogens (tertiary/aromatic N) is 2. The van der Waals surface area contributed by atoms with Crippen LogP contribution < -0.4 is 14.2 Å². The minimum absolute atomic E-state index is 0.0667. The van der Waals surface area contributed by atoms with Crippen LogP contribution in [0.1, 0.15) is 10.4 Å². The Bertz CT molecular complexity index is 541. The topological polar surface area (TPSA) is 91.1 Å². The van der Waals surface area contributed by atoms with Gasteiger partial charge in [0.05, 0.1) is 26.3 Å². The van der Waals surface area contributed by atoms with Crippen LogP contribution in [0.3, 0.4) is 0 Å². The van der Waals surface area contributed by atoms with E-state index >= 15 is 0 Å². The number of carbonyl (C=O) groups excluding carboxylic acids is 1. The molecular formula is C12H16N2O6. The van der Waals surface area contributed by atoms with Gasteiger partial charge in [0.2, 0.25) is 11.5 Å². The number of carbonyl (C=O) groups is 1. The van der Waals surface area contributed by atoms with Crippen molar-refractivity contribution in [2.45, 2.75) is 0 Å². The van der Waals surface area contributed by atoms with Crippen LogP contribution in [0.5, 0.6) is 17.2 Å². The van der Waals surface area contributed by atoms with Gasteiger partial charge in [-0.25, -0.2) is 0 Å². The van der Waals surface area contributed by atoms with Crippen molar-refractivity contribution in [1.82, 2.24) is 4.90 Å². The number of nitro groups is 1. The molecule has 0 aromatic heterocycles. The zero-order valence-corrected chi connectivity index (χ0v) is 11.9. The number of ether oxygens (including phenoxy) is 3. The number of hydrogen-bond acceptors (Lipinski definition) is 6. The minimum atomic E-state index is -0.683. The molecule has 0 heterocycles. The fraction of sp³-hybridized carbons (Fsp3) is 0.417. The number of benzene rings is 1. The molecule has 8 heteroatoms. The van der Waals surface area contributed by atoms with Crippen LogP contribution in [0.4, 0.5) is 5.69 Å². The fourth-order valence-corrected chi connectivity index (χ4v) is 1.73. The predicted octanol–water partition coefficient (Wildman–Crippen LogP) is 1.32. The van der Waals surface area contributed by atoms with Gasteiger partial charge in [0.25, 0.3) is 5.91 Å². The second kappa shape index (κ2) is 6.09. The van der Waals surface area contributed by atoms with Crippen LogP contribution >= 0.6 is 0 Å². The highest BCUT2D eigenvalue weighted by Gasteiger charge is 2.32. The van der Waals surface area contributed by atoms with E-state index in [1.807, 2.05) is 0 Å². The summed E-state index contributed by atoms with van der Waals surface area (Å²) in [6.45, 7) is 0. The molecule has 0 N–H and O–H groups in total. The van der Waals surface area contributed by atoms with Crippen molar-refractivity contribution in [1.29, 1.82) is 0 Å². The van der Waals surface area contributed by atoms with E-state index in [1.54, 1.807) is 0 Å². The van der Waals surface area contributed by atoms with Crippen molar-refractivity contribution in [2.75, 3.05) is 35.4 Å². The summed E-state index contributed by atoms with van der Waals surface area (Å²) in [7, 11) is 6.95. The quantitative estimate of drug-likeness (QED) is 0.598. The Hall–Kier alpha value is -2.51. The van der Waals surface area contributed by atoms with Crippen molar-refractivity contribution in [3.8, 4) is 17.2 Å². The van der Waals surface area contributed by atoms with Crippen LogP contribution in [0.15, 0.2) is 6.07 Å². The van der Waals surface area contributed by atoms with Gasteiger partial charge in [0, 0.05) is 20.2 Å². The van der Waals surface area contributed by atoms with E-state index in [-0.39, 0.29) is 22.8 Å². The Balaban J connectivity index is 3.74. The summed E-state index contributed by atoms with van der Waals surface area (Å²) in [6, 6.07) is 1.27. The predicted molar refractivity (Wildman–Crippen MR) is 70.8 cm³/mol. The lowest BCUT2D eigenvalue weighted by Gasteiger charge is -2.16. The molecule has 0 radical (unpaired) electrons. The van der Waals surface area contributed by atoms with Crippen molar-refractivity contribution in [3.63, 3.8) is 0 Å². The zero-order chi connectivity index (χ0) is 15.4. The van der Waals surface area contributed by atoms with Gasteiger partial charge < -0.3 is 19.1 Å². The van der Waals surface area contributed by atoms with Gasteiger partial charge in [0.1, 0.15) is 5.56 Å². The molecule has 0 bridgehead atoms. The SMILES string of the molecule is COc1cc(C(=O)N(C)C)c([N+](=O)[O-])c(OC)c1OC. The van der Waals surface area contributed by atoms with Gasteiger partial charge in [-0.2, -0.15) is 0 Å². The molecule has 0 aliphatic rings. The molecule has 0 spiro atoms. The number of nitro benzene ring substituents is 1. The molecule has 0 aliphatic heterocycles. The molecule has 1 rings (SSSR count). The molecule has 0 saturated carbocycles. The van der Waals surface area contributed by atoms with Gasteiger partial charge >= 0.3 is 5.69 Å². The largest absolute Gasteiger partial charge is 0.493 e. The van der Waals surface area contributed by atoms with E-state index in [0.717, 1.165) is 0 Å². The van der Waals surface area contributed by atoms with E-state index in [9.17, 15) is 14.9 Å². The second-order valence-electron chi connectivity index (χ2n) is 4.00. The van der Waals surface area contributed by atoms with Gasteiger partial charge in [-0.3, -0.25) is 14.9 Å². The first kappa shape index (κ1) is 15.5. The van der Waals surface area contributed by atoms with E-state index in [0.29, 0.717) is 0 Å². The Morgan fingerprint density at radius 1 is 1.15 bits per heavy atom. The maximum atomic E-state index is 12.1. The molecule has 1 aromatic rings. The van der Waals surface area contributed by atoms with E-state index in [1.165, 1.54) is 46.4 Å². The molecule has 0 saturated heterocycles. The normalized spacial score (nSPS) is 9.85. The maximum Gasteiger partial charge on any atom is 0.327 e. The molecule has 1 aromatic carbocycles. The average molecular weight is 284 g/mol. The highest BCUT2D eigenvalue weighted by atomic mass is 16.6. The van der Waals surface area contributed by atoms with Crippen LogP contribution in [0, 0.1) is 10.1 Å². The fourth-order valence-electron chi connectivity index (χ4n) is 1.73. The van der Waals surface area contributed by atoms with Crippen LogP contribution in [0.25, 0.3) is 0 Å². The summed E-state index contributed by atoms with van der Waals surface area (Å²) in [4.78, 5) is 23.9. The van der Waals surface area contributed by atoms with E-state index in [4.69, 9.17) is 14.2 Å². The number of rotatable bonds is 5. The first-order valence-electron chi connectivity index (χ1n) is 5.58. The summed E-state index contributed by atoms with van der Waals surface area (Å²) in [5.41, 5.74) is -0.585. The van der Waals surface area contributed by atoms with Crippen LogP contribution in [-0.4, -0.2) is 51.2 Å². The Labute approximate surface area is 116 Å². The Morgan fingerprint density at radius 2 is 1.70 bits per heavy atom. The second-order valence-corrected chi connectivity index (χ2v) is 4.00. The van der Waals surface area contributed by atoms with Crippen LogP contribution in [-0.2, 0) is 0 Å². The summed E-state index contributed by atoms with van der Waals surface area (Å²) in [6.07, 6.45) is 0. The molecule has 0 unspecified atom stereocenters. The monoisotopic (exact) mass is 284 g/mol. The van der Waals surface area contributed by atoms with E-state index < -0.39 is 16.5 Å². The lowest BCUT2D eigenvalue weighted by Crippen LogP contribution is -2.23. The van der Waals surface area contributed by atoms with Gasteiger partial charge in [-0.05, 0) is 0 Å². The highest BCUT2D eigenvalue weighted by Crippen LogP contribution is 2.46. The molecule has 0 atom stereocenters.